The fourth-order valence-electron chi connectivity index (χ4n) is 1.17. The van der Waals surface area contributed by atoms with Crippen molar-refractivity contribution in [3.05, 3.63) is 34.1 Å². The molecule has 0 aliphatic rings. The molecule has 0 aliphatic heterocycles. The molecule has 4 heteroatoms. The molecule has 0 amide bonds. The van der Waals surface area contributed by atoms with Gasteiger partial charge < -0.3 is 10.4 Å². The Bertz CT molecular complexity index is 319. The third-order valence-corrected chi connectivity index (χ3v) is 2.70. The minimum atomic E-state index is -0.836. The molecular formula is C10H13BrFNO. The molecule has 1 unspecified atom stereocenters. The molecule has 1 rings (SSSR count). The van der Waals surface area contributed by atoms with Crippen LogP contribution >= 0.6 is 15.9 Å². The van der Waals surface area contributed by atoms with Crippen LogP contribution in [0.4, 0.5) is 4.39 Å². The maximum absolute atomic E-state index is 13.3. The predicted octanol–water partition coefficient (Wildman–Crippen LogP) is 2.23. The Morgan fingerprint density at radius 2 is 2.14 bits per heavy atom. The Morgan fingerprint density at radius 3 is 2.71 bits per heavy atom. The molecule has 2 N–H and O–H groups in total. The highest BCUT2D eigenvalue weighted by Gasteiger charge is 2.18. The van der Waals surface area contributed by atoms with E-state index in [-0.39, 0.29) is 11.9 Å². The van der Waals surface area contributed by atoms with Crippen LogP contribution in [0.1, 0.15) is 18.6 Å². The first-order valence-corrected chi connectivity index (χ1v) is 5.16. The predicted molar refractivity (Wildman–Crippen MR) is 57.6 cm³/mol. The summed E-state index contributed by atoms with van der Waals surface area (Å²) in [6, 6.07) is 4.35. The Balaban J connectivity index is 2.99. The topological polar surface area (TPSA) is 32.3 Å². The van der Waals surface area contributed by atoms with E-state index in [0.29, 0.717) is 5.56 Å². The number of hydrogen-bond donors (Lipinski definition) is 2. The molecule has 2 nitrogen and oxygen atoms in total. The van der Waals surface area contributed by atoms with Gasteiger partial charge in [0.05, 0.1) is 6.10 Å². The third kappa shape index (κ3) is 2.53. The minimum Gasteiger partial charge on any atom is -0.387 e. The van der Waals surface area contributed by atoms with Crippen LogP contribution in [0.2, 0.25) is 0 Å². The smallest absolute Gasteiger partial charge is 0.129 e. The average Bonchev–Trinajstić information content (AvgIpc) is 2.19. The Kier molecular flexibility index (Phi) is 4.04. The van der Waals surface area contributed by atoms with Crippen LogP contribution in [0, 0.1) is 5.82 Å². The standard InChI is InChI=1S/C10H13BrFNO/c1-6(13-2)10(14)8-5-7(11)3-4-9(8)12/h3-6,10,13-14H,1-2H3/t6-,10?/m0/s1. The van der Waals surface area contributed by atoms with Gasteiger partial charge >= 0.3 is 0 Å². The number of aliphatic hydroxyl groups is 1. The highest BCUT2D eigenvalue weighted by molar-refractivity contribution is 9.10. The van der Waals surface area contributed by atoms with Crippen molar-refractivity contribution in [2.45, 2.75) is 19.1 Å². The number of halogens is 2. The SMILES string of the molecule is CN[C@@H](C)C(O)c1cc(Br)ccc1F. The Hall–Kier alpha value is -0.450. The summed E-state index contributed by atoms with van der Waals surface area (Å²) in [5.41, 5.74) is 0.307. The molecule has 1 aromatic carbocycles. The van der Waals surface area contributed by atoms with Gasteiger partial charge in [0.25, 0.3) is 0 Å². The Morgan fingerprint density at radius 1 is 1.50 bits per heavy atom. The summed E-state index contributed by atoms with van der Waals surface area (Å²) in [5, 5.41) is 12.6. The van der Waals surface area contributed by atoms with Crippen molar-refractivity contribution < 1.29 is 9.50 Å². The number of nitrogens with one attached hydrogen (secondary N) is 1. The van der Waals surface area contributed by atoms with Crippen molar-refractivity contribution in [1.82, 2.24) is 5.32 Å². The zero-order chi connectivity index (χ0) is 10.7. The molecule has 0 radical (unpaired) electrons. The number of benzene rings is 1. The number of likely N-dealkylation sites (N-methyl/N-ethyl adjacent to an activating group) is 1. The molecule has 0 heterocycles. The summed E-state index contributed by atoms with van der Waals surface area (Å²) in [6.07, 6.45) is -0.836. The van der Waals surface area contributed by atoms with Crippen LogP contribution in [0.25, 0.3) is 0 Å². The lowest BCUT2D eigenvalue weighted by Gasteiger charge is -2.19. The fraction of sp³-hybridized carbons (Fsp3) is 0.400. The van der Waals surface area contributed by atoms with Gasteiger partial charge in [-0.3, -0.25) is 0 Å². The second kappa shape index (κ2) is 4.87. The van der Waals surface area contributed by atoms with Crippen molar-refractivity contribution in [2.75, 3.05) is 7.05 Å². The van der Waals surface area contributed by atoms with E-state index in [9.17, 15) is 9.50 Å². The van der Waals surface area contributed by atoms with Crippen LogP contribution in [-0.4, -0.2) is 18.2 Å². The largest absolute Gasteiger partial charge is 0.387 e. The quantitative estimate of drug-likeness (QED) is 0.875. The maximum atomic E-state index is 13.3. The molecule has 0 saturated carbocycles. The van der Waals surface area contributed by atoms with Crippen LogP contribution < -0.4 is 5.32 Å². The van der Waals surface area contributed by atoms with Crippen molar-refractivity contribution in [3.63, 3.8) is 0 Å². The van der Waals surface area contributed by atoms with Gasteiger partial charge in [-0.1, -0.05) is 15.9 Å². The third-order valence-electron chi connectivity index (χ3n) is 2.21. The molecule has 0 aliphatic carbocycles. The van der Waals surface area contributed by atoms with Crippen LogP contribution in [0.15, 0.2) is 22.7 Å². The number of aliphatic hydroxyl groups excluding tert-OH is 1. The van der Waals surface area contributed by atoms with Gasteiger partial charge in [-0.05, 0) is 32.2 Å². The van der Waals surface area contributed by atoms with Crippen molar-refractivity contribution in [3.8, 4) is 0 Å². The molecular weight excluding hydrogens is 249 g/mol. The highest BCUT2D eigenvalue weighted by atomic mass is 79.9. The van der Waals surface area contributed by atoms with Gasteiger partial charge in [0, 0.05) is 16.1 Å². The molecule has 0 bridgehead atoms. The van der Waals surface area contributed by atoms with E-state index in [1.165, 1.54) is 6.07 Å². The van der Waals surface area contributed by atoms with Crippen molar-refractivity contribution >= 4 is 15.9 Å². The molecule has 0 aromatic heterocycles. The lowest BCUT2D eigenvalue weighted by atomic mass is 10.0. The summed E-state index contributed by atoms with van der Waals surface area (Å²) in [7, 11) is 1.73. The normalized spacial score (nSPS) is 15.2. The second-order valence-corrected chi connectivity index (χ2v) is 4.10. The number of hydrogen-bond acceptors (Lipinski definition) is 2. The monoisotopic (exact) mass is 261 g/mol. The van der Waals surface area contributed by atoms with Gasteiger partial charge in [0.15, 0.2) is 0 Å². The molecule has 0 fully saturated rings. The van der Waals surface area contributed by atoms with Crippen LogP contribution in [-0.2, 0) is 0 Å². The average molecular weight is 262 g/mol. The van der Waals surface area contributed by atoms with Gasteiger partial charge in [0.2, 0.25) is 0 Å². The summed E-state index contributed by atoms with van der Waals surface area (Å²) in [6.45, 7) is 1.80. The molecule has 2 atom stereocenters. The zero-order valence-corrected chi connectivity index (χ0v) is 9.68. The fourth-order valence-corrected chi connectivity index (χ4v) is 1.55. The molecule has 1 aromatic rings. The van der Waals surface area contributed by atoms with E-state index in [0.717, 1.165) is 4.47 Å². The first-order chi connectivity index (χ1) is 6.56. The van der Waals surface area contributed by atoms with Crippen LogP contribution in [0.3, 0.4) is 0 Å². The lowest BCUT2D eigenvalue weighted by Crippen LogP contribution is -2.29. The summed E-state index contributed by atoms with van der Waals surface area (Å²) >= 11 is 3.24. The first kappa shape index (κ1) is 11.6. The summed E-state index contributed by atoms with van der Waals surface area (Å²) in [5.74, 6) is -0.386. The molecule has 0 saturated heterocycles. The van der Waals surface area contributed by atoms with E-state index >= 15 is 0 Å². The van der Waals surface area contributed by atoms with E-state index < -0.39 is 6.10 Å². The highest BCUT2D eigenvalue weighted by Crippen LogP contribution is 2.23. The number of rotatable bonds is 3. The van der Waals surface area contributed by atoms with Crippen molar-refractivity contribution in [2.24, 2.45) is 0 Å². The van der Waals surface area contributed by atoms with Gasteiger partial charge in [-0.25, -0.2) is 4.39 Å². The second-order valence-electron chi connectivity index (χ2n) is 3.19. The van der Waals surface area contributed by atoms with Gasteiger partial charge in [-0.2, -0.15) is 0 Å². The molecule has 0 spiro atoms. The zero-order valence-electron chi connectivity index (χ0n) is 8.09. The van der Waals surface area contributed by atoms with E-state index in [1.807, 2.05) is 0 Å². The summed E-state index contributed by atoms with van der Waals surface area (Å²) < 4.78 is 14.1. The van der Waals surface area contributed by atoms with Gasteiger partial charge in [-0.15, -0.1) is 0 Å². The van der Waals surface area contributed by atoms with Crippen molar-refractivity contribution in [1.29, 1.82) is 0 Å². The minimum absolute atomic E-state index is 0.182. The van der Waals surface area contributed by atoms with Gasteiger partial charge in [0.1, 0.15) is 5.82 Å². The van der Waals surface area contributed by atoms with Crippen LogP contribution in [0.5, 0.6) is 0 Å². The first-order valence-electron chi connectivity index (χ1n) is 4.36. The Labute approximate surface area is 91.3 Å². The summed E-state index contributed by atoms with van der Waals surface area (Å²) in [4.78, 5) is 0. The van der Waals surface area contributed by atoms with E-state index in [4.69, 9.17) is 0 Å². The molecule has 78 valence electrons. The maximum Gasteiger partial charge on any atom is 0.129 e. The van der Waals surface area contributed by atoms with E-state index in [1.54, 1.807) is 26.1 Å². The molecule has 14 heavy (non-hydrogen) atoms. The lowest BCUT2D eigenvalue weighted by molar-refractivity contribution is 0.136. The van der Waals surface area contributed by atoms with E-state index in [2.05, 4.69) is 21.2 Å².